The zero-order valence-corrected chi connectivity index (χ0v) is 14.2. The number of rotatable bonds is 2. The molecule has 1 unspecified atom stereocenters. The van der Waals surface area contributed by atoms with Gasteiger partial charge in [-0.2, -0.15) is 5.26 Å². The lowest BCUT2D eigenvalue weighted by atomic mass is 9.86. The van der Waals surface area contributed by atoms with Gasteiger partial charge in [-0.25, -0.2) is 4.98 Å². The first-order valence-corrected chi connectivity index (χ1v) is 7.67. The molecule has 1 aliphatic heterocycles. The van der Waals surface area contributed by atoms with Crippen LogP contribution in [0, 0.1) is 11.3 Å². The molecule has 24 heavy (non-hydrogen) atoms. The zero-order chi connectivity index (χ0) is 17.5. The van der Waals surface area contributed by atoms with Gasteiger partial charge in [0.2, 0.25) is 11.8 Å². The number of benzene rings is 1. The van der Waals surface area contributed by atoms with E-state index in [1.54, 1.807) is 7.11 Å². The molecule has 0 aliphatic carbocycles. The van der Waals surface area contributed by atoms with Crippen LogP contribution in [-0.4, -0.2) is 12.1 Å². The Morgan fingerprint density at radius 2 is 2.12 bits per heavy atom. The van der Waals surface area contributed by atoms with E-state index in [-0.39, 0.29) is 17.2 Å². The van der Waals surface area contributed by atoms with Crippen LogP contribution >= 0.6 is 0 Å². The van der Waals surface area contributed by atoms with Crippen LogP contribution in [0.3, 0.4) is 0 Å². The SMILES string of the molecule is COc1cccc(C2C(C#N)=C(N)Nc3oc(C(C)(C)C)nc32)c1. The Labute approximate surface area is 140 Å². The van der Waals surface area contributed by atoms with Crippen LogP contribution in [0.4, 0.5) is 5.88 Å². The average molecular weight is 324 g/mol. The molecule has 1 atom stereocenters. The van der Waals surface area contributed by atoms with Crippen molar-refractivity contribution < 1.29 is 9.15 Å². The third-order valence-corrected chi connectivity index (χ3v) is 3.94. The van der Waals surface area contributed by atoms with E-state index in [4.69, 9.17) is 14.9 Å². The van der Waals surface area contributed by atoms with Gasteiger partial charge in [0.1, 0.15) is 17.3 Å². The Hall–Kier alpha value is -2.94. The molecule has 0 fully saturated rings. The fraction of sp³-hybridized carbons (Fsp3) is 0.333. The lowest BCUT2D eigenvalue weighted by Gasteiger charge is -2.22. The van der Waals surface area contributed by atoms with E-state index in [0.717, 1.165) is 5.56 Å². The van der Waals surface area contributed by atoms with Crippen molar-refractivity contribution in [3.05, 3.63) is 52.8 Å². The number of nitriles is 1. The fourth-order valence-corrected chi connectivity index (χ4v) is 2.69. The van der Waals surface area contributed by atoms with Gasteiger partial charge in [-0.1, -0.05) is 32.9 Å². The second-order valence-electron chi connectivity index (χ2n) is 6.76. The topological polar surface area (TPSA) is 97.1 Å². The summed E-state index contributed by atoms with van der Waals surface area (Å²) < 4.78 is 11.2. The van der Waals surface area contributed by atoms with Gasteiger partial charge < -0.3 is 20.2 Å². The Morgan fingerprint density at radius 3 is 2.75 bits per heavy atom. The summed E-state index contributed by atoms with van der Waals surface area (Å²) in [7, 11) is 1.61. The summed E-state index contributed by atoms with van der Waals surface area (Å²) in [5.41, 5.74) is 7.76. The summed E-state index contributed by atoms with van der Waals surface area (Å²) in [4.78, 5) is 4.66. The molecule has 3 rings (SSSR count). The van der Waals surface area contributed by atoms with Gasteiger partial charge >= 0.3 is 0 Å². The summed E-state index contributed by atoms with van der Waals surface area (Å²) >= 11 is 0. The first kappa shape index (κ1) is 15.9. The largest absolute Gasteiger partial charge is 0.497 e. The van der Waals surface area contributed by atoms with E-state index in [0.29, 0.717) is 28.8 Å². The van der Waals surface area contributed by atoms with E-state index in [1.807, 2.05) is 45.0 Å². The summed E-state index contributed by atoms with van der Waals surface area (Å²) in [5.74, 6) is 1.70. The van der Waals surface area contributed by atoms with Gasteiger partial charge in [0.05, 0.1) is 24.7 Å². The number of nitrogens with zero attached hydrogens (tertiary/aromatic N) is 2. The number of nitrogens with two attached hydrogens (primary N) is 1. The molecule has 0 saturated heterocycles. The van der Waals surface area contributed by atoms with Crippen LogP contribution in [0.15, 0.2) is 40.1 Å². The maximum absolute atomic E-state index is 9.59. The monoisotopic (exact) mass is 324 g/mol. The smallest absolute Gasteiger partial charge is 0.223 e. The lowest BCUT2D eigenvalue weighted by Crippen LogP contribution is -2.22. The number of aromatic nitrogens is 1. The van der Waals surface area contributed by atoms with Crippen molar-refractivity contribution >= 4 is 5.88 Å². The zero-order valence-electron chi connectivity index (χ0n) is 14.2. The molecule has 0 saturated carbocycles. The van der Waals surface area contributed by atoms with Crippen molar-refractivity contribution in [1.82, 2.24) is 4.98 Å². The van der Waals surface area contributed by atoms with E-state index in [1.165, 1.54) is 0 Å². The molecule has 1 aromatic carbocycles. The van der Waals surface area contributed by atoms with E-state index < -0.39 is 0 Å². The highest BCUT2D eigenvalue weighted by Crippen LogP contribution is 2.42. The van der Waals surface area contributed by atoms with Crippen LogP contribution in [0.5, 0.6) is 5.75 Å². The molecular weight excluding hydrogens is 304 g/mol. The van der Waals surface area contributed by atoms with Gasteiger partial charge in [-0.3, -0.25) is 0 Å². The minimum absolute atomic E-state index is 0.250. The predicted octanol–water partition coefficient (Wildman–Crippen LogP) is 3.23. The van der Waals surface area contributed by atoms with Gasteiger partial charge in [0.25, 0.3) is 0 Å². The molecule has 6 nitrogen and oxygen atoms in total. The minimum Gasteiger partial charge on any atom is -0.497 e. The van der Waals surface area contributed by atoms with Crippen molar-refractivity contribution in [1.29, 1.82) is 5.26 Å². The standard InChI is InChI=1S/C18H20N4O2/c1-18(2,3)17-21-14-13(10-6-5-7-11(8-10)23-4)12(9-19)15(20)22-16(14)24-17/h5-8,13,22H,20H2,1-4H3. The van der Waals surface area contributed by atoms with E-state index >= 15 is 0 Å². The molecule has 1 aliphatic rings. The highest BCUT2D eigenvalue weighted by molar-refractivity contribution is 5.61. The van der Waals surface area contributed by atoms with Crippen LogP contribution < -0.4 is 15.8 Å². The summed E-state index contributed by atoms with van der Waals surface area (Å²) in [5, 5.41) is 12.6. The van der Waals surface area contributed by atoms with Gasteiger partial charge in [-0.05, 0) is 17.7 Å². The summed E-state index contributed by atoms with van der Waals surface area (Å²) in [6, 6.07) is 9.75. The maximum atomic E-state index is 9.59. The molecule has 2 aromatic rings. The molecule has 0 radical (unpaired) electrons. The Kier molecular flexibility index (Phi) is 3.72. The lowest BCUT2D eigenvalue weighted by molar-refractivity contribution is 0.400. The number of allylic oxidation sites excluding steroid dienone is 1. The number of anilines is 1. The van der Waals surface area contributed by atoms with Gasteiger partial charge in [0.15, 0.2) is 0 Å². The molecular formula is C18H20N4O2. The number of hydrogen-bond donors (Lipinski definition) is 2. The van der Waals surface area contributed by atoms with E-state index in [2.05, 4.69) is 16.4 Å². The second-order valence-corrected chi connectivity index (χ2v) is 6.76. The Balaban J connectivity index is 2.19. The number of hydrogen-bond acceptors (Lipinski definition) is 6. The van der Waals surface area contributed by atoms with Crippen LogP contribution in [0.2, 0.25) is 0 Å². The molecule has 0 bridgehead atoms. The number of nitrogens with one attached hydrogen (secondary N) is 1. The van der Waals surface area contributed by atoms with Crippen molar-refractivity contribution in [3.63, 3.8) is 0 Å². The van der Waals surface area contributed by atoms with Crippen molar-refractivity contribution in [2.75, 3.05) is 12.4 Å². The van der Waals surface area contributed by atoms with Crippen molar-refractivity contribution in [3.8, 4) is 11.8 Å². The Morgan fingerprint density at radius 1 is 1.38 bits per heavy atom. The molecule has 3 N–H and O–H groups in total. The molecule has 0 spiro atoms. The predicted molar refractivity (Wildman–Crippen MR) is 90.5 cm³/mol. The molecule has 124 valence electrons. The van der Waals surface area contributed by atoms with E-state index in [9.17, 15) is 5.26 Å². The van der Waals surface area contributed by atoms with Crippen LogP contribution in [0.1, 0.15) is 43.8 Å². The number of oxazole rings is 1. The first-order valence-electron chi connectivity index (χ1n) is 7.67. The summed E-state index contributed by atoms with van der Waals surface area (Å²) in [6.07, 6.45) is 0. The average Bonchev–Trinajstić information content (AvgIpc) is 2.97. The molecule has 1 aromatic heterocycles. The van der Waals surface area contributed by atoms with Gasteiger partial charge in [-0.15, -0.1) is 0 Å². The Bertz CT molecular complexity index is 853. The highest BCUT2D eigenvalue weighted by Gasteiger charge is 2.35. The number of fused-ring (bicyclic) bond motifs is 1. The molecule has 2 heterocycles. The fourth-order valence-electron chi connectivity index (χ4n) is 2.69. The quantitative estimate of drug-likeness (QED) is 0.880. The third-order valence-electron chi connectivity index (χ3n) is 3.94. The minimum atomic E-state index is -0.388. The number of methoxy groups -OCH3 is 1. The van der Waals surface area contributed by atoms with Gasteiger partial charge in [0, 0.05) is 5.41 Å². The summed E-state index contributed by atoms with van der Waals surface area (Å²) in [6.45, 7) is 6.06. The third kappa shape index (κ3) is 2.58. The molecule has 6 heteroatoms. The normalized spacial score (nSPS) is 17.0. The van der Waals surface area contributed by atoms with Crippen LogP contribution in [-0.2, 0) is 5.41 Å². The maximum Gasteiger partial charge on any atom is 0.223 e. The number of ether oxygens (including phenoxy) is 1. The second kappa shape index (κ2) is 5.60. The van der Waals surface area contributed by atoms with Crippen molar-refractivity contribution in [2.45, 2.75) is 32.1 Å². The van der Waals surface area contributed by atoms with Crippen LogP contribution in [0.25, 0.3) is 0 Å². The van der Waals surface area contributed by atoms with Crippen molar-refractivity contribution in [2.24, 2.45) is 5.73 Å². The highest BCUT2D eigenvalue weighted by atomic mass is 16.5. The first-order chi connectivity index (χ1) is 11.3. The molecule has 0 amide bonds.